The Balaban J connectivity index is 3.64. The summed E-state index contributed by atoms with van der Waals surface area (Å²) >= 11 is 0. The number of ether oxygens (including phenoxy) is 1. The number of oxime groups is 1. The summed E-state index contributed by atoms with van der Waals surface area (Å²) < 4.78 is 4.62. The van der Waals surface area contributed by atoms with Crippen LogP contribution in [0.25, 0.3) is 0 Å². The first kappa shape index (κ1) is 14.9. The summed E-state index contributed by atoms with van der Waals surface area (Å²) in [7, 11) is 1.35. The number of hydrogen-bond donors (Lipinski definition) is 1. The van der Waals surface area contributed by atoms with Gasteiger partial charge < -0.3 is 9.94 Å². The van der Waals surface area contributed by atoms with Gasteiger partial charge in [0.25, 0.3) is 0 Å². The third kappa shape index (κ3) is 7.26. The molecule has 0 aliphatic rings. The SMILES string of the molecule is CCCCCCCCC(/C=N\O)C(=O)OC. The van der Waals surface area contributed by atoms with E-state index in [4.69, 9.17) is 5.21 Å². The van der Waals surface area contributed by atoms with Gasteiger partial charge in [0.05, 0.1) is 19.2 Å². The maximum absolute atomic E-state index is 11.2. The van der Waals surface area contributed by atoms with Gasteiger partial charge in [-0.2, -0.15) is 0 Å². The van der Waals surface area contributed by atoms with E-state index < -0.39 is 5.92 Å². The van der Waals surface area contributed by atoms with Crippen LogP contribution in [0.3, 0.4) is 0 Å². The van der Waals surface area contributed by atoms with Gasteiger partial charge in [0.2, 0.25) is 0 Å². The van der Waals surface area contributed by atoms with Gasteiger partial charge in [-0.25, -0.2) is 0 Å². The van der Waals surface area contributed by atoms with Gasteiger partial charge in [-0.3, -0.25) is 4.79 Å². The molecule has 0 aliphatic heterocycles. The third-order valence-electron chi connectivity index (χ3n) is 2.62. The quantitative estimate of drug-likeness (QED) is 0.217. The molecule has 0 rings (SSSR count). The first-order valence-electron chi connectivity index (χ1n) is 6.01. The summed E-state index contributed by atoms with van der Waals surface area (Å²) in [5.74, 6) is -0.729. The van der Waals surface area contributed by atoms with Gasteiger partial charge in [-0.05, 0) is 6.42 Å². The van der Waals surface area contributed by atoms with Gasteiger partial charge >= 0.3 is 5.97 Å². The van der Waals surface area contributed by atoms with E-state index in [9.17, 15) is 4.79 Å². The highest BCUT2D eigenvalue weighted by molar-refractivity contribution is 5.89. The van der Waals surface area contributed by atoms with Gasteiger partial charge in [-0.15, -0.1) is 5.16 Å². The molecule has 0 heterocycles. The average molecular weight is 229 g/mol. The molecule has 4 nitrogen and oxygen atoms in total. The molecule has 0 spiro atoms. The maximum atomic E-state index is 11.2. The molecular formula is C12H23NO3. The second kappa shape index (κ2) is 10.5. The van der Waals surface area contributed by atoms with E-state index in [1.54, 1.807) is 0 Å². The van der Waals surface area contributed by atoms with Crippen LogP contribution in [0.15, 0.2) is 5.16 Å². The molecule has 1 N–H and O–H groups in total. The topological polar surface area (TPSA) is 58.9 Å². The predicted molar refractivity (Wildman–Crippen MR) is 63.8 cm³/mol. The first-order chi connectivity index (χ1) is 7.76. The number of esters is 1. The zero-order valence-corrected chi connectivity index (χ0v) is 10.3. The van der Waals surface area contributed by atoms with Gasteiger partial charge in [0, 0.05) is 0 Å². The molecule has 1 unspecified atom stereocenters. The molecule has 1 atom stereocenters. The Morgan fingerprint density at radius 2 is 1.94 bits per heavy atom. The van der Waals surface area contributed by atoms with Crippen LogP contribution in [0.5, 0.6) is 0 Å². The minimum atomic E-state index is -0.402. The molecule has 94 valence electrons. The summed E-state index contributed by atoms with van der Waals surface area (Å²) in [6.45, 7) is 2.19. The van der Waals surface area contributed by atoms with Crippen molar-refractivity contribution in [2.75, 3.05) is 7.11 Å². The molecule has 0 saturated heterocycles. The molecule has 0 aromatic rings. The smallest absolute Gasteiger partial charge is 0.314 e. The number of carbonyl (C=O) groups excluding carboxylic acids is 1. The van der Waals surface area contributed by atoms with Crippen LogP contribution in [0.1, 0.15) is 51.9 Å². The normalized spacial score (nSPS) is 12.9. The van der Waals surface area contributed by atoms with E-state index in [0.717, 1.165) is 12.8 Å². The van der Waals surface area contributed by atoms with Gasteiger partial charge in [0.1, 0.15) is 0 Å². The Labute approximate surface area is 97.7 Å². The zero-order chi connectivity index (χ0) is 12.2. The molecule has 0 amide bonds. The Morgan fingerprint density at radius 3 is 2.50 bits per heavy atom. The lowest BCUT2D eigenvalue weighted by Crippen LogP contribution is -2.17. The zero-order valence-electron chi connectivity index (χ0n) is 10.3. The fourth-order valence-corrected chi connectivity index (χ4v) is 1.63. The van der Waals surface area contributed by atoms with E-state index in [1.165, 1.54) is 39.0 Å². The minimum Gasteiger partial charge on any atom is -0.469 e. The Morgan fingerprint density at radius 1 is 1.31 bits per heavy atom. The molecule has 4 heteroatoms. The van der Waals surface area contributed by atoms with Crippen molar-refractivity contribution in [3.05, 3.63) is 0 Å². The highest BCUT2D eigenvalue weighted by Crippen LogP contribution is 2.12. The lowest BCUT2D eigenvalue weighted by atomic mass is 10.0. The van der Waals surface area contributed by atoms with Crippen molar-refractivity contribution in [3.63, 3.8) is 0 Å². The Hall–Kier alpha value is -1.06. The van der Waals surface area contributed by atoms with Crippen molar-refractivity contribution in [2.24, 2.45) is 11.1 Å². The molecule has 16 heavy (non-hydrogen) atoms. The summed E-state index contributed by atoms with van der Waals surface area (Å²) in [6.07, 6.45) is 9.01. The van der Waals surface area contributed by atoms with E-state index >= 15 is 0 Å². The fourth-order valence-electron chi connectivity index (χ4n) is 1.63. The largest absolute Gasteiger partial charge is 0.469 e. The molecular weight excluding hydrogens is 206 g/mol. The summed E-state index contributed by atoms with van der Waals surface area (Å²) in [5.41, 5.74) is 0. The molecule has 0 saturated carbocycles. The molecule has 0 aromatic carbocycles. The van der Waals surface area contributed by atoms with E-state index in [2.05, 4.69) is 16.8 Å². The number of rotatable bonds is 9. The highest BCUT2D eigenvalue weighted by atomic mass is 16.5. The van der Waals surface area contributed by atoms with Crippen molar-refractivity contribution < 1.29 is 14.7 Å². The van der Waals surface area contributed by atoms with Crippen LogP contribution in [-0.2, 0) is 9.53 Å². The molecule has 0 aromatic heterocycles. The second-order valence-corrected chi connectivity index (χ2v) is 3.95. The summed E-state index contributed by atoms with van der Waals surface area (Å²) in [4.78, 5) is 11.2. The van der Waals surface area contributed by atoms with Crippen LogP contribution >= 0.6 is 0 Å². The lowest BCUT2D eigenvalue weighted by molar-refractivity contribution is -0.143. The molecule has 0 aliphatic carbocycles. The Bertz CT molecular complexity index is 204. The van der Waals surface area contributed by atoms with Crippen LogP contribution in [0, 0.1) is 5.92 Å². The predicted octanol–water partition coefficient (Wildman–Crippen LogP) is 2.99. The van der Waals surface area contributed by atoms with Crippen molar-refractivity contribution in [2.45, 2.75) is 51.9 Å². The van der Waals surface area contributed by atoms with Crippen molar-refractivity contribution >= 4 is 12.2 Å². The summed E-state index contributed by atoms with van der Waals surface area (Å²) in [6, 6.07) is 0. The third-order valence-corrected chi connectivity index (χ3v) is 2.62. The fraction of sp³-hybridized carbons (Fsp3) is 0.833. The molecule has 0 fully saturated rings. The van der Waals surface area contributed by atoms with Crippen LogP contribution < -0.4 is 0 Å². The number of carbonyl (C=O) groups is 1. The van der Waals surface area contributed by atoms with Gasteiger partial charge in [0.15, 0.2) is 0 Å². The molecule has 0 radical (unpaired) electrons. The minimum absolute atomic E-state index is 0.327. The Kier molecular flexibility index (Phi) is 9.76. The highest BCUT2D eigenvalue weighted by Gasteiger charge is 2.16. The average Bonchev–Trinajstić information content (AvgIpc) is 2.31. The van der Waals surface area contributed by atoms with Crippen LogP contribution in [0.2, 0.25) is 0 Å². The maximum Gasteiger partial charge on any atom is 0.314 e. The second-order valence-electron chi connectivity index (χ2n) is 3.95. The van der Waals surface area contributed by atoms with E-state index in [-0.39, 0.29) is 5.97 Å². The van der Waals surface area contributed by atoms with E-state index in [1.807, 2.05) is 0 Å². The summed E-state index contributed by atoms with van der Waals surface area (Å²) in [5, 5.41) is 11.3. The van der Waals surface area contributed by atoms with Gasteiger partial charge in [-0.1, -0.05) is 45.4 Å². The van der Waals surface area contributed by atoms with Crippen molar-refractivity contribution in [1.29, 1.82) is 0 Å². The number of unbranched alkanes of at least 4 members (excludes halogenated alkanes) is 5. The van der Waals surface area contributed by atoms with Crippen molar-refractivity contribution in [3.8, 4) is 0 Å². The first-order valence-corrected chi connectivity index (χ1v) is 6.01. The van der Waals surface area contributed by atoms with Crippen LogP contribution in [0.4, 0.5) is 0 Å². The molecule has 0 bridgehead atoms. The lowest BCUT2D eigenvalue weighted by Gasteiger charge is -2.08. The van der Waals surface area contributed by atoms with E-state index in [0.29, 0.717) is 6.42 Å². The van der Waals surface area contributed by atoms with Crippen molar-refractivity contribution in [1.82, 2.24) is 0 Å². The number of nitrogens with zero attached hydrogens (tertiary/aromatic N) is 1. The number of methoxy groups -OCH3 is 1. The standard InChI is InChI=1S/C12H23NO3/c1-3-4-5-6-7-8-9-11(10-13-15)12(14)16-2/h10-11,15H,3-9H2,1-2H3/b13-10-. The number of hydrogen-bond acceptors (Lipinski definition) is 4. The monoisotopic (exact) mass is 229 g/mol. The van der Waals surface area contributed by atoms with Crippen LogP contribution in [-0.4, -0.2) is 24.5 Å².